The number of anilines is 1. The van der Waals surface area contributed by atoms with Gasteiger partial charge in [-0.2, -0.15) is 18.3 Å². The lowest BCUT2D eigenvalue weighted by molar-refractivity contribution is -0.393. The molecule has 0 fully saturated rings. The van der Waals surface area contributed by atoms with Crippen molar-refractivity contribution in [2.24, 2.45) is 5.10 Å². The second kappa shape index (κ2) is 6.95. The van der Waals surface area contributed by atoms with Crippen molar-refractivity contribution in [3.63, 3.8) is 0 Å². The van der Waals surface area contributed by atoms with E-state index >= 15 is 0 Å². The normalized spacial score (nSPS) is 11.5. The molecule has 8 nitrogen and oxygen atoms in total. The first kappa shape index (κ1) is 17.8. The average Bonchev–Trinajstić information content (AvgIpc) is 2.54. The van der Waals surface area contributed by atoms with Crippen molar-refractivity contribution < 1.29 is 23.0 Å². The van der Waals surface area contributed by atoms with Crippen LogP contribution in [0.3, 0.4) is 0 Å². The minimum absolute atomic E-state index is 0.198. The summed E-state index contributed by atoms with van der Waals surface area (Å²) in [6.45, 7) is 0. The third kappa shape index (κ3) is 4.28. The number of nitro benzene ring substituents is 2. The molecule has 2 aromatic carbocycles. The van der Waals surface area contributed by atoms with Crippen LogP contribution in [0.1, 0.15) is 11.1 Å². The van der Waals surface area contributed by atoms with E-state index in [0.29, 0.717) is 0 Å². The number of alkyl halides is 3. The molecule has 0 aliphatic heterocycles. The molecule has 0 bridgehead atoms. The van der Waals surface area contributed by atoms with E-state index in [2.05, 4.69) is 10.5 Å². The maximum absolute atomic E-state index is 12.9. The molecule has 0 unspecified atom stereocenters. The lowest BCUT2D eigenvalue weighted by Crippen LogP contribution is -2.09. The van der Waals surface area contributed by atoms with Crippen molar-refractivity contribution in [2.75, 3.05) is 5.43 Å². The van der Waals surface area contributed by atoms with Gasteiger partial charge in [-0.25, -0.2) is 0 Å². The summed E-state index contributed by atoms with van der Waals surface area (Å²) >= 11 is 0. The predicted molar refractivity (Wildman–Crippen MR) is 82.4 cm³/mol. The van der Waals surface area contributed by atoms with Crippen LogP contribution in [0.15, 0.2) is 47.6 Å². The minimum Gasteiger partial charge on any atom is -0.272 e. The maximum atomic E-state index is 12.9. The number of nitrogens with one attached hydrogen (secondary N) is 1. The highest BCUT2D eigenvalue weighted by Crippen LogP contribution is 2.31. The fraction of sp³-hybridized carbons (Fsp3) is 0.0714. The van der Waals surface area contributed by atoms with Gasteiger partial charge in [0.15, 0.2) is 0 Å². The van der Waals surface area contributed by atoms with Gasteiger partial charge in [0.1, 0.15) is 5.69 Å². The second-order valence-corrected chi connectivity index (χ2v) is 4.67. The third-order valence-corrected chi connectivity index (χ3v) is 3.04. The van der Waals surface area contributed by atoms with Gasteiger partial charge in [0.2, 0.25) is 0 Å². The molecular weight excluding hydrogens is 345 g/mol. The monoisotopic (exact) mass is 354 g/mol. The fourth-order valence-electron chi connectivity index (χ4n) is 1.92. The first-order chi connectivity index (χ1) is 11.7. The van der Waals surface area contributed by atoms with Crippen LogP contribution in [0, 0.1) is 20.2 Å². The molecule has 0 radical (unpaired) electrons. The summed E-state index contributed by atoms with van der Waals surface area (Å²) in [4.78, 5) is 19.9. The quantitative estimate of drug-likeness (QED) is 0.496. The zero-order valence-electron chi connectivity index (χ0n) is 12.2. The summed E-state index contributed by atoms with van der Waals surface area (Å²) < 4.78 is 38.6. The van der Waals surface area contributed by atoms with Crippen molar-refractivity contribution in [1.82, 2.24) is 0 Å². The van der Waals surface area contributed by atoms with E-state index in [1.807, 2.05) is 0 Å². The number of nitro groups is 2. The summed E-state index contributed by atoms with van der Waals surface area (Å²) in [5.74, 6) is 0. The van der Waals surface area contributed by atoms with E-state index in [1.54, 1.807) is 0 Å². The molecule has 0 aliphatic rings. The maximum Gasteiger partial charge on any atom is 0.417 e. The fourth-order valence-corrected chi connectivity index (χ4v) is 1.92. The van der Waals surface area contributed by atoms with Crippen LogP contribution in [0.2, 0.25) is 0 Å². The van der Waals surface area contributed by atoms with Crippen LogP contribution in [-0.4, -0.2) is 16.1 Å². The number of hydrogen-bond acceptors (Lipinski definition) is 6. The van der Waals surface area contributed by atoms with Crippen LogP contribution >= 0.6 is 0 Å². The summed E-state index contributed by atoms with van der Waals surface area (Å²) in [6, 6.07) is 7.42. The Labute approximate surface area is 137 Å². The summed E-state index contributed by atoms with van der Waals surface area (Å²) in [6.07, 6.45) is -3.73. The molecule has 0 aliphatic carbocycles. The standard InChI is InChI=1S/C14H9F3N4O4/c15-14(16,17)11-4-2-1-3-9(11)8-18-19-12-6-5-10(20(22)23)7-13(12)21(24)25/h1-8,19H/b18-8+. The zero-order chi connectivity index (χ0) is 18.6. The van der Waals surface area contributed by atoms with Crippen LogP contribution in [-0.2, 0) is 6.18 Å². The van der Waals surface area contributed by atoms with Gasteiger partial charge in [0.05, 0.1) is 27.7 Å². The molecule has 25 heavy (non-hydrogen) atoms. The van der Waals surface area contributed by atoms with Gasteiger partial charge in [0, 0.05) is 11.6 Å². The molecule has 2 aromatic rings. The van der Waals surface area contributed by atoms with E-state index in [0.717, 1.165) is 30.5 Å². The lowest BCUT2D eigenvalue weighted by atomic mass is 10.1. The molecule has 2 rings (SSSR count). The van der Waals surface area contributed by atoms with Crippen LogP contribution in [0.25, 0.3) is 0 Å². The molecule has 0 heterocycles. The number of hydrazone groups is 1. The Morgan fingerprint density at radius 2 is 1.72 bits per heavy atom. The van der Waals surface area contributed by atoms with Gasteiger partial charge in [0.25, 0.3) is 5.69 Å². The third-order valence-electron chi connectivity index (χ3n) is 3.04. The number of nitrogens with zero attached hydrogens (tertiary/aromatic N) is 3. The Hall–Kier alpha value is -3.50. The number of rotatable bonds is 5. The Morgan fingerprint density at radius 3 is 2.32 bits per heavy atom. The second-order valence-electron chi connectivity index (χ2n) is 4.67. The van der Waals surface area contributed by atoms with Crippen LogP contribution < -0.4 is 5.43 Å². The van der Waals surface area contributed by atoms with Gasteiger partial charge in [-0.05, 0) is 12.1 Å². The van der Waals surface area contributed by atoms with Crippen molar-refractivity contribution in [3.8, 4) is 0 Å². The largest absolute Gasteiger partial charge is 0.417 e. The highest BCUT2D eigenvalue weighted by molar-refractivity contribution is 5.83. The summed E-state index contributed by atoms with van der Waals surface area (Å²) in [7, 11) is 0. The summed E-state index contributed by atoms with van der Waals surface area (Å²) in [5, 5.41) is 25.2. The van der Waals surface area contributed by atoms with Gasteiger partial charge >= 0.3 is 11.9 Å². The molecule has 0 saturated heterocycles. The minimum atomic E-state index is -4.58. The molecule has 1 N–H and O–H groups in total. The molecule has 0 saturated carbocycles. The lowest BCUT2D eigenvalue weighted by Gasteiger charge is -2.09. The molecule has 0 aromatic heterocycles. The van der Waals surface area contributed by atoms with E-state index in [4.69, 9.17) is 0 Å². The molecular formula is C14H9F3N4O4. The zero-order valence-corrected chi connectivity index (χ0v) is 12.2. The van der Waals surface area contributed by atoms with Gasteiger partial charge < -0.3 is 0 Å². The topological polar surface area (TPSA) is 111 Å². The summed E-state index contributed by atoms with van der Waals surface area (Å²) in [5.41, 5.74) is -0.259. The van der Waals surface area contributed by atoms with E-state index < -0.39 is 33.0 Å². The highest BCUT2D eigenvalue weighted by atomic mass is 19.4. The van der Waals surface area contributed by atoms with Crippen molar-refractivity contribution >= 4 is 23.3 Å². The number of non-ortho nitro benzene ring substituents is 1. The smallest absolute Gasteiger partial charge is 0.272 e. The van der Waals surface area contributed by atoms with Crippen molar-refractivity contribution in [3.05, 3.63) is 73.8 Å². The van der Waals surface area contributed by atoms with Gasteiger partial charge in [-0.3, -0.25) is 25.7 Å². The van der Waals surface area contributed by atoms with Crippen molar-refractivity contribution in [2.45, 2.75) is 6.18 Å². The molecule has 0 amide bonds. The first-order valence-corrected chi connectivity index (χ1v) is 6.58. The average molecular weight is 354 g/mol. The molecule has 130 valence electrons. The van der Waals surface area contributed by atoms with Crippen LogP contribution in [0.5, 0.6) is 0 Å². The molecule has 0 spiro atoms. The van der Waals surface area contributed by atoms with E-state index in [1.165, 1.54) is 18.2 Å². The Morgan fingerprint density at radius 1 is 1.04 bits per heavy atom. The van der Waals surface area contributed by atoms with Crippen LogP contribution in [0.4, 0.5) is 30.2 Å². The number of halogens is 3. The predicted octanol–water partition coefficient (Wildman–Crippen LogP) is 3.97. The van der Waals surface area contributed by atoms with E-state index in [9.17, 15) is 33.4 Å². The molecule has 0 atom stereocenters. The Bertz CT molecular complexity index is 852. The number of benzene rings is 2. The van der Waals surface area contributed by atoms with Crippen molar-refractivity contribution in [1.29, 1.82) is 0 Å². The van der Waals surface area contributed by atoms with Gasteiger partial charge in [-0.15, -0.1) is 0 Å². The Balaban J connectivity index is 2.29. The first-order valence-electron chi connectivity index (χ1n) is 6.58. The van der Waals surface area contributed by atoms with Gasteiger partial charge in [-0.1, -0.05) is 18.2 Å². The van der Waals surface area contributed by atoms with E-state index in [-0.39, 0.29) is 11.3 Å². The molecule has 11 heteroatoms. The number of hydrogen-bond donors (Lipinski definition) is 1. The Kier molecular flexibility index (Phi) is 4.96. The highest BCUT2D eigenvalue weighted by Gasteiger charge is 2.32. The SMILES string of the molecule is O=[N+]([O-])c1ccc(N/N=C/c2ccccc2C(F)(F)F)c([N+](=O)[O-])c1.